The van der Waals surface area contributed by atoms with Crippen LogP contribution in [0.25, 0.3) is 0 Å². The van der Waals surface area contributed by atoms with Crippen LogP contribution in [0, 0.1) is 28.6 Å². The van der Waals surface area contributed by atoms with E-state index in [2.05, 4.69) is 45.0 Å². The minimum Gasteiger partial charge on any atom is -0.299 e. The first-order chi connectivity index (χ1) is 13.5. The van der Waals surface area contributed by atoms with Gasteiger partial charge in [-0.15, -0.1) is 0 Å². The first-order valence-corrected chi connectivity index (χ1v) is 12.1. The van der Waals surface area contributed by atoms with Gasteiger partial charge in [-0.25, -0.2) is 0 Å². The van der Waals surface area contributed by atoms with E-state index in [9.17, 15) is 4.79 Å². The van der Waals surface area contributed by atoms with Gasteiger partial charge in [0.05, 0.1) is 0 Å². The number of hydrogen-bond donors (Lipinski definition) is 0. The van der Waals surface area contributed by atoms with Crippen molar-refractivity contribution in [2.24, 2.45) is 28.6 Å². The molecule has 4 aliphatic rings. The summed E-state index contributed by atoms with van der Waals surface area (Å²) in [6.07, 6.45) is 13.8. The molecule has 0 saturated heterocycles. The number of aryl methyl sites for hydroxylation is 1. The molecule has 1 aromatic rings. The second-order valence-electron chi connectivity index (χ2n) is 11.1. The Morgan fingerprint density at radius 3 is 2.43 bits per heavy atom. The molecule has 4 saturated carbocycles. The minimum absolute atomic E-state index is 0.0324. The molecule has 0 aliphatic heterocycles. The lowest BCUT2D eigenvalue weighted by Gasteiger charge is -2.67. The normalized spacial score (nSPS) is 45.2. The van der Waals surface area contributed by atoms with Gasteiger partial charge in [0.1, 0.15) is 5.78 Å². The first kappa shape index (κ1) is 18.9. The molecule has 0 bridgehead atoms. The van der Waals surface area contributed by atoms with Crippen LogP contribution in [-0.2, 0) is 16.6 Å². The number of ketones is 1. The minimum atomic E-state index is -0.0324. The van der Waals surface area contributed by atoms with Crippen molar-refractivity contribution in [1.82, 2.24) is 0 Å². The van der Waals surface area contributed by atoms with E-state index in [4.69, 9.17) is 0 Å². The van der Waals surface area contributed by atoms with Crippen LogP contribution in [-0.4, -0.2) is 5.78 Å². The fourth-order valence-electron chi connectivity index (χ4n) is 8.77. The molecule has 152 valence electrons. The Bertz CT molecular complexity index is 763. The van der Waals surface area contributed by atoms with E-state index in [-0.39, 0.29) is 10.8 Å². The summed E-state index contributed by atoms with van der Waals surface area (Å²) in [6.45, 7) is 7.24. The van der Waals surface area contributed by atoms with Gasteiger partial charge in [0.2, 0.25) is 0 Å². The van der Waals surface area contributed by atoms with Gasteiger partial charge < -0.3 is 0 Å². The van der Waals surface area contributed by atoms with Gasteiger partial charge in [0.15, 0.2) is 0 Å². The van der Waals surface area contributed by atoms with Crippen LogP contribution in [0.5, 0.6) is 0 Å². The van der Waals surface area contributed by atoms with Crippen molar-refractivity contribution in [3.05, 3.63) is 35.4 Å². The summed E-state index contributed by atoms with van der Waals surface area (Å²) in [5, 5.41) is 0. The summed E-state index contributed by atoms with van der Waals surface area (Å²) in [7, 11) is 0. The Labute approximate surface area is 171 Å². The molecule has 1 unspecified atom stereocenters. The van der Waals surface area contributed by atoms with E-state index in [1.54, 1.807) is 5.56 Å². The van der Waals surface area contributed by atoms with Crippen LogP contribution in [0.15, 0.2) is 24.3 Å². The number of hydrogen-bond acceptors (Lipinski definition) is 1. The third kappa shape index (κ3) is 2.28. The van der Waals surface area contributed by atoms with E-state index in [1.807, 2.05) is 0 Å². The van der Waals surface area contributed by atoms with E-state index < -0.39 is 0 Å². The van der Waals surface area contributed by atoms with Crippen molar-refractivity contribution in [3.8, 4) is 0 Å². The van der Waals surface area contributed by atoms with Crippen LogP contribution in [0.1, 0.15) is 96.1 Å². The van der Waals surface area contributed by atoms with Crippen molar-refractivity contribution in [3.63, 3.8) is 0 Å². The lowest BCUT2D eigenvalue weighted by Crippen LogP contribution is -2.62. The maximum atomic E-state index is 12.9. The third-order valence-corrected chi connectivity index (χ3v) is 10.4. The van der Waals surface area contributed by atoms with Crippen LogP contribution < -0.4 is 0 Å². The quantitative estimate of drug-likeness (QED) is 0.548. The molecule has 1 heteroatoms. The largest absolute Gasteiger partial charge is 0.299 e. The van der Waals surface area contributed by atoms with E-state index in [0.29, 0.717) is 23.0 Å². The lowest BCUT2D eigenvalue weighted by molar-refractivity contribution is -0.147. The Morgan fingerprint density at radius 2 is 1.68 bits per heavy atom. The number of fused-ring (bicyclic) bond motifs is 5. The first-order valence-electron chi connectivity index (χ1n) is 12.1. The Hall–Kier alpha value is -1.11. The molecule has 5 rings (SSSR count). The molecule has 0 N–H and O–H groups in total. The Balaban J connectivity index is 1.67. The number of carbonyl (C=O) groups excluding carboxylic acids is 1. The smallest absolute Gasteiger partial charge is 0.139 e. The zero-order chi connectivity index (χ0) is 19.6. The summed E-state index contributed by atoms with van der Waals surface area (Å²) in [6, 6.07) is 9.77. The summed E-state index contributed by atoms with van der Waals surface area (Å²) < 4.78 is 0. The highest BCUT2D eigenvalue weighted by Crippen LogP contribution is 2.71. The maximum absolute atomic E-state index is 12.9. The van der Waals surface area contributed by atoms with Gasteiger partial charge in [-0.1, -0.05) is 57.9 Å². The topological polar surface area (TPSA) is 17.1 Å². The molecule has 0 spiro atoms. The number of Topliss-reactive ketones (excluding diaryl/α,β-unsaturated/α-hetero) is 1. The molecule has 0 heterocycles. The summed E-state index contributed by atoms with van der Waals surface area (Å²) >= 11 is 0. The highest BCUT2D eigenvalue weighted by atomic mass is 16.1. The zero-order valence-electron chi connectivity index (χ0n) is 18.2. The number of rotatable bonds is 2. The highest BCUT2D eigenvalue weighted by Gasteiger charge is 2.67. The predicted octanol–water partition coefficient (Wildman–Crippen LogP) is 6.87. The summed E-state index contributed by atoms with van der Waals surface area (Å²) in [4.78, 5) is 12.9. The van der Waals surface area contributed by atoms with Crippen LogP contribution in [0.2, 0.25) is 0 Å². The lowest BCUT2D eigenvalue weighted by atomic mass is 9.37. The molecular weight excluding hydrogens is 340 g/mol. The fraction of sp³-hybridized carbons (Fsp3) is 0.741. The molecule has 1 aromatic carbocycles. The molecule has 4 fully saturated rings. The second kappa shape index (κ2) is 6.44. The van der Waals surface area contributed by atoms with Crippen molar-refractivity contribution >= 4 is 5.78 Å². The molecule has 1 nitrogen and oxygen atoms in total. The average molecular weight is 379 g/mol. The van der Waals surface area contributed by atoms with Crippen molar-refractivity contribution < 1.29 is 4.79 Å². The zero-order valence-corrected chi connectivity index (χ0v) is 18.2. The standard InChI is InChI=1S/C27H38O/c1-4-19-8-10-21(11-9-19)27-18-17-25(2)22(14-15-24(25)28)23(27)13-12-20-7-5-6-16-26(20,27)3/h8-11,20,22-23H,4-7,12-18H2,1-3H3/t20?,22-,23-,25-,26-,27-/m0/s1. The van der Waals surface area contributed by atoms with Gasteiger partial charge in [-0.2, -0.15) is 0 Å². The maximum Gasteiger partial charge on any atom is 0.139 e. The fourth-order valence-corrected chi connectivity index (χ4v) is 8.77. The van der Waals surface area contributed by atoms with Gasteiger partial charge in [0.25, 0.3) is 0 Å². The SMILES string of the molecule is CCc1ccc([C@@]23CC[C@]4(C)C(=O)CC[C@H]4[C@@H]2CCC2CCCC[C@@]23C)cc1. The monoisotopic (exact) mass is 378 g/mol. The van der Waals surface area contributed by atoms with Gasteiger partial charge in [-0.3, -0.25) is 4.79 Å². The van der Waals surface area contributed by atoms with Gasteiger partial charge in [0, 0.05) is 17.3 Å². The molecule has 0 aromatic heterocycles. The summed E-state index contributed by atoms with van der Waals surface area (Å²) in [5.74, 6) is 2.76. The Kier molecular flexibility index (Phi) is 4.35. The molecule has 4 aliphatic carbocycles. The van der Waals surface area contributed by atoms with Crippen LogP contribution >= 0.6 is 0 Å². The highest BCUT2D eigenvalue weighted by molar-refractivity contribution is 5.87. The van der Waals surface area contributed by atoms with Gasteiger partial charge >= 0.3 is 0 Å². The van der Waals surface area contributed by atoms with Crippen LogP contribution in [0.4, 0.5) is 0 Å². The van der Waals surface area contributed by atoms with E-state index >= 15 is 0 Å². The predicted molar refractivity (Wildman–Crippen MR) is 115 cm³/mol. The van der Waals surface area contributed by atoms with Gasteiger partial charge in [-0.05, 0) is 85.7 Å². The van der Waals surface area contributed by atoms with Crippen LogP contribution in [0.3, 0.4) is 0 Å². The average Bonchev–Trinajstić information content (AvgIpc) is 3.02. The third-order valence-electron chi connectivity index (χ3n) is 10.4. The van der Waals surface area contributed by atoms with Crippen molar-refractivity contribution in [2.75, 3.05) is 0 Å². The number of benzene rings is 1. The van der Waals surface area contributed by atoms with E-state index in [1.165, 1.54) is 50.5 Å². The number of carbonyl (C=O) groups is 1. The Morgan fingerprint density at radius 1 is 0.893 bits per heavy atom. The molecule has 6 atom stereocenters. The molecule has 0 amide bonds. The van der Waals surface area contributed by atoms with Crippen molar-refractivity contribution in [1.29, 1.82) is 0 Å². The van der Waals surface area contributed by atoms with E-state index in [0.717, 1.165) is 31.6 Å². The summed E-state index contributed by atoms with van der Waals surface area (Å²) in [5.41, 5.74) is 3.74. The van der Waals surface area contributed by atoms with Crippen molar-refractivity contribution in [2.45, 2.75) is 96.8 Å². The molecular formula is C27H38O. The molecule has 28 heavy (non-hydrogen) atoms. The second-order valence-corrected chi connectivity index (χ2v) is 11.1. The molecule has 0 radical (unpaired) electrons.